The van der Waals surface area contributed by atoms with Crippen LogP contribution in [0.1, 0.15) is 39.6 Å². The average molecular weight is 356 g/mol. The number of nitrogens with one attached hydrogen (secondary N) is 1. The molecule has 0 amide bonds. The largest absolute Gasteiger partial charge is 0.464 e. The topological polar surface area (TPSA) is 55.0 Å². The van der Waals surface area contributed by atoms with Crippen LogP contribution >= 0.6 is 0 Å². The molecule has 2 aromatic carbocycles. The second-order valence-electron chi connectivity index (χ2n) is 7.19. The molecule has 0 saturated heterocycles. The van der Waals surface area contributed by atoms with E-state index < -0.39 is 0 Å². The molecule has 0 saturated carbocycles. The second kappa shape index (κ2) is 6.23. The maximum Gasteiger partial charge on any atom is 0.356 e. The Bertz CT molecular complexity index is 1180. The molecule has 0 aliphatic heterocycles. The fourth-order valence-electron chi connectivity index (χ4n) is 4.31. The zero-order valence-corrected chi connectivity index (χ0v) is 15.2. The molecule has 4 aromatic rings. The number of hydrogen-bond acceptors (Lipinski definition) is 3. The molecule has 2 aromatic heterocycles. The van der Waals surface area contributed by atoms with Gasteiger partial charge in [-0.2, -0.15) is 0 Å². The Labute approximate surface area is 157 Å². The normalized spacial score (nSPS) is 16.4. The Morgan fingerprint density at radius 2 is 1.85 bits per heavy atom. The van der Waals surface area contributed by atoms with E-state index in [1.165, 1.54) is 18.2 Å². The van der Waals surface area contributed by atoms with Crippen LogP contribution in [0.4, 0.5) is 0 Å². The number of aryl methyl sites for hydroxylation is 1. The van der Waals surface area contributed by atoms with Crippen LogP contribution in [-0.2, 0) is 17.6 Å². The summed E-state index contributed by atoms with van der Waals surface area (Å²) >= 11 is 0. The summed E-state index contributed by atoms with van der Waals surface area (Å²) in [7, 11) is 1.40. The van der Waals surface area contributed by atoms with E-state index in [-0.39, 0.29) is 11.9 Å². The van der Waals surface area contributed by atoms with Crippen LogP contribution in [0.5, 0.6) is 0 Å². The Hall–Kier alpha value is -3.14. The summed E-state index contributed by atoms with van der Waals surface area (Å²) in [5.41, 5.74) is 6.25. The predicted octanol–water partition coefficient (Wildman–Crippen LogP) is 4.78. The third-order valence-corrected chi connectivity index (χ3v) is 5.65. The zero-order valence-electron chi connectivity index (χ0n) is 15.2. The van der Waals surface area contributed by atoms with Gasteiger partial charge in [0.05, 0.1) is 18.3 Å². The molecule has 1 unspecified atom stereocenters. The van der Waals surface area contributed by atoms with Gasteiger partial charge in [0.2, 0.25) is 0 Å². The lowest BCUT2D eigenvalue weighted by Crippen LogP contribution is -2.16. The summed E-state index contributed by atoms with van der Waals surface area (Å²) in [5.74, 6) is -0.111. The van der Waals surface area contributed by atoms with Gasteiger partial charge in [0, 0.05) is 22.2 Å². The maximum absolute atomic E-state index is 12.3. The number of para-hydroxylation sites is 1. The molecule has 0 spiro atoms. The van der Waals surface area contributed by atoms with Crippen LogP contribution in [0.15, 0.2) is 54.6 Å². The number of hydrogen-bond donors (Lipinski definition) is 1. The molecule has 0 bridgehead atoms. The molecule has 4 heteroatoms. The second-order valence-corrected chi connectivity index (χ2v) is 7.19. The maximum atomic E-state index is 12.3. The minimum atomic E-state index is -0.389. The third kappa shape index (κ3) is 2.60. The van der Waals surface area contributed by atoms with Gasteiger partial charge in [-0.3, -0.25) is 0 Å². The number of aromatic nitrogens is 2. The molecule has 1 aliphatic rings. The number of aromatic amines is 1. The minimum absolute atomic E-state index is 0.278. The van der Waals surface area contributed by atoms with Crippen molar-refractivity contribution in [1.82, 2.24) is 9.97 Å². The first-order valence-corrected chi connectivity index (χ1v) is 9.31. The van der Waals surface area contributed by atoms with Crippen LogP contribution in [0.3, 0.4) is 0 Å². The summed E-state index contributed by atoms with van der Waals surface area (Å²) in [6.45, 7) is 0. The number of benzene rings is 2. The number of esters is 1. The van der Waals surface area contributed by atoms with Crippen molar-refractivity contribution in [3.05, 3.63) is 77.1 Å². The molecule has 134 valence electrons. The van der Waals surface area contributed by atoms with Crippen molar-refractivity contribution in [2.45, 2.75) is 25.2 Å². The van der Waals surface area contributed by atoms with Crippen molar-refractivity contribution in [2.24, 2.45) is 0 Å². The predicted molar refractivity (Wildman–Crippen MR) is 106 cm³/mol. The number of nitrogens with zero attached hydrogens (tertiary/aromatic N) is 1. The van der Waals surface area contributed by atoms with Crippen LogP contribution in [0.2, 0.25) is 0 Å². The van der Waals surface area contributed by atoms with Gasteiger partial charge in [-0.15, -0.1) is 0 Å². The number of carbonyl (C=O) groups is 1. The highest BCUT2D eigenvalue weighted by Gasteiger charge is 2.25. The summed E-state index contributed by atoms with van der Waals surface area (Å²) in [6.07, 6.45) is 3.00. The first-order chi connectivity index (χ1) is 13.2. The Morgan fingerprint density at radius 3 is 2.70 bits per heavy atom. The molecule has 27 heavy (non-hydrogen) atoms. The van der Waals surface area contributed by atoms with E-state index >= 15 is 0 Å². The van der Waals surface area contributed by atoms with Gasteiger partial charge in [0.15, 0.2) is 0 Å². The van der Waals surface area contributed by atoms with Crippen molar-refractivity contribution in [3.8, 4) is 0 Å². The van der Waals surface area contributed by atoms with Gasteiger partial charge in [0.25, 0.3) is 0 Å². The summed E-state index contributed by atoms with van der Waals surface area (Å²) in [6, 6.07) is 18.6. The van der Waals surface area contributed by atoms with E-state index in [0.29, 0.717) is 5.69 Å². The number of rotatable bonds is 2. The van der Waals surface area contributed by atoms with Crippen LogP contribution in [0, 0.1) is 0 Å². The Balaban J connectivity index is 1.72. The number of methoxy groups -OCH3 is 1. The molecule has 4 nitrogen and oxygen atoms in total. The average Bonchev–Trinajstić information content (AvgIpc) is 3.11. The van der Waals surface area contributed by atoms with Crippen molar-refractivity contribution < 1.29 is 9.53 Å². The van der Waals surface area contributed by atoms with E-state index in [0.717, 1.165) is 46.8 Å². The fraction of sp³-hybridized carbons (Fsp3) is 0.217. The van der Waals surface area contributed by atoms with Gasteiger partial charge in [-0.05, 0) is 42.5 Å². The van der Waals surface area contributed by atoms with Crippen molar-refractivity contribution in [1.29, 1.82) is 0 Å². The first-order valence-electron chi connectivity index (χ1n) is 9.31. The highest BCUT2D eigenvalue weighted by molar-refractivity contribution is 6.09. The van der Waals surface area contributed by atoms with Gasteiger partial charge < -0.3 is 9.72 Å². The Kier molecular flexibility index (Phi) is 3.71. The Morgan fingerprint density at radius 1 is 1.07 bits per heavy atom. The molecule has 1 atom stereocenters. The minimum Gasteiger partial charge on any atom is -0.464 e. The number of pyridine rings is 1. The lowest BCUT2D eigenvalue weighted by Gasteiger charge is -2.24. The number of fused-ring (bicyclic) bond motifs is 4. The molecule has 0 fully saturated rings. The highest BCUT2D eigenvalue weighted by atomic mass is 16.5. The van der Waals surface area contributed by atoms with Gasteiger partial charge >= 0.3 is 5.97 Å². The van der Waals surface area contributed by atoms with E-state index in [2.05, 4.69) is 41.4 Å². The molecular formula is C23H20N2O2. The van der Waals surface area contributed by atoms with Gasteiger partial charge in [0.1, 0.15) is 5.69 Å². The van der Waals surface area contributed by atoms with Crippen molar-refractivity contribution in [2.75, 3.05) is 7.11 Å². The third-order valence-electron chi connectivity index (χ3n) is 5.65. The zero-order chi connectivity index (χ0) is 18.4. The van der Waals surface area contributed by atoms with Crippen LogP contribution in [-0.4, -0.2) is 23.0 Å². The van der Waals surface area contributed by atoms with E-state index in [1.54, 1.807) is 0 Å². The summed E-state index contributed by atoms with van der Waals surface area (Å²) < 4.78 is 4.96. The lowest BCUT2D eigenvalue weighted by molar-refractivity contribution is 0.0594. The van der Waals surface area contributed by atoms with Crippen molar-refractivity contribution in [3.63, 3.8) is 0 Å². The smallest absolute Gasteiger partial charge is 0.356 e. The fourth-order valence-corrected chi connectivity index (χ4v) is 4.31. The summed E-state index contributed by atoms with van der Waals surface area (Å²) in [4.78, 5) is 20.5. The van der Waals surface area contributed by atoms with Crippen LogP contribution < -0.4 is 0 Å². The quantitative estimate of drug-likeness (QED) is 0.526. The van der Waals surface area contributed by atoms with Crippen molar-refractivity contribution >= 4 is 27.8 Å². The number of carbonyl (C=O) groups excluding carboxylic acids is 1. The molecular weight excluding hydrogens is 336 g/mol. The van der Waals surface area contributed by atoms with Gasteiger partial charge in [-0.1, -0.05) is 42.5 Å². The molecule has 1 N–H and O–H groups in total. The lowest BCUT2D eigenvalue weighted by atomic mass is 9.81. The standard InChI is InChI=1S/C23H20N2O2/c1-27-23(26)20-13-18-17-8-4-5-9-19(17)24-22(18)21(25-20)16-11-10-14-6-2-3-7-15(14)12-16/h2-9,13,16,24H,10-12H2,1H3. The first kappa shape index (κ1) is 16.1. The molecule has 1 aliphatic carbocycles. The highest BCUT2D eigenvalue weighted by Crippen LogP contribution is 2.37. The number of H-pyrrole nitrogens is 1. The monoisotopic (exact) mass is 356 g/mol. The SMILES string of the molecule is COC(=O)c1cc2c([nH]c3ccccc32)c(C2CCc3ccccc3C2)n1. The van der Waals surface area contributed by atoms with Gasteiger partial charge in [-0.25, -0.2) is 9.78 Å². The molecule has 0 radical (unpaired) electrons. The molecule has 5 rings (SSSR count). The number of ether oxygens (including phenoxy) is 1. The summed E-state index contributed by atoms with van der Waals surface area (Å²) in [5, 5.41) is 2.15. The van der Waals surface area contributed by atoms with E-state index in [1.807, 2.05) is 18.2 Å². The van der Waals surface area contributed by atoms with E-state index in [4.69, 9.17) is 9.72 Å². The molecule has 2 heterocycles. The van der Waals surface area contributed by atoms with Crippen LogP contribution in [0.25, 0.3) is 21.8 Å². The van der Waals surface area contributed by atoms with E-state index in [9.17, 15) is 4.79 Å².